The molecule has 0 aliphatic heterocycles. The Hall–Kier alpha value is -0.340. The van der Waals surface area contributed by atoms with Crippen LogP contribution in [-0.4, -0.2) is 6.04 Å². The van der Waals surface area contributed by atoms with Crippen LogP contribution in [-0.2, 0) is 6.42 Å². The average molecular weight is 263 g/mol. The average Bonchev–Trinajstić information content (AvgIpc) is 2.98. The Kier molecular flexibility index (Phi) is 3.76. The van der Waals surface area contributed by atoms with Gasteiger partial charge in [-0.2, -0.15) is 0 Å². The highest BCUT2D eigenvalue weighted by Gasteiger charge is 2.33. The van der Waals surface area contributed by atoms with Crippen LogP contribution in [0.3, 0.4) is 0 Å². The van der Waals surface area contributed by atoms with Gasteiger partial charge in [0.2, 0.25) is 0 Å². The van der Waals surface area contributed by atoms with Crippen LogP contribution in [0.4, 0.5) is 0 Å². The maximum absolute atomic E-state index is 3.98. The highest BCUT2D eigenvalue weighted by molar-refractivity contribution is 7.10. The molecule has 0 radical (unpaired) electrons. The molecule has 1 nitrogen and oxygen atoms in total. The van der Waals surface area contributed by atoms with E-state index < -0.39 is 0 Å². The van der Waals surface area contributed by atoms with Gasteiger partial charge in [0, 0.05) is 17.0 Å². The molecule has 1 heterocycles. The molecule has 0 bridgehead atoms. The first-order valence-corrected chi connectivity index (χ1v) is 8.50. The Morgan fingerprint density at radius 1 is 1.33 bits per heavy atom. The summed E-state index contributed by atoms with van der Waals surface area (Å²) in [5.74, 6) is 1.81. The largest absolute Gasteiger partial charge is 0.307 e. The summed E-state index contributed by atoms with van der Waals surface area (Å²) < 4.78 is 0. The second kappa shape index (κ2) is 5.34. The molecule has 1 fully saturated rings. The van der Waals surface area contributed by atoms with Gasteiger partial charge in [0.05, 0.1) is 0 Å². The van der Waals surface area contributed by atoms with Crippen molar-refractivity contribution in [3.63, 3.8) is 0 Å². The van der Waals surface area contributed by atoms with E-state index in [1.54, 1.807) is 10.4 Å². The molecule has 18 heavy (non-hydrogen) atoms. The van der Waals surface area contributed by atoms with Crippen LogP contribution in [0.25, 0.3) is 0 Å². The SMILES string of the molecule is CCC1CCC(NC2CCCc3sccc32)C1C. The van der Waals surface area contributed by atoms with Crippen LogP contribution < -0.4 is 5.32 Å². The third-order valence-electron chi connectivity index (χ3n) is 5.22. The lowest BCUT2D eigenvalue weighted by atomic mass is 9.90. The molecule has 0 spiro atoms. The van der Waals surface area contributed by atoms with Crippen molar-refractivity contribution >= 4 is 11.3 Å². The molecular formula is C16H25NS. The highest BCUT2D eigenvalue weighted by Crippen LogP contribution is 2.38. The fraction of sp³-hybridized carbons (Fsp3) is 0.750. The number of hydrogen-bond acceptors (Lipinski definition) is 2. The summed E-state index contributed by atoms with van der Waals surface area (Å²) in [5.41, 5.74) is 1.61. The van der Waals surface area contributed by atoms with Gasteiger partial charge in [0.25, 0.3) is 0 Å². The Morgan fingerprint density at radius 2 is 2.22 bits per heavy atom. The molecule has 0 amide bonds. The molecule has 2 aliphatic carbocycles. The predicted molar refractivity (Wildman–Crippen MR) is 79.1 cm³/mol. The van der Waals surface area contributed by atoms with E-state index >= 15 is 0 Å². The van der Waals surface area contributed by atoms with E-state index in [0.29, 0.717) is 6.04 Å². The maximum atomic E-state index is 3.98. The third-order valence-corrected chi connectivity index (χ3v) is 6.21. The van der Waals surface area contributed by atoms with E-state index in [4.69, 9.17) is 0 Å². The van der Waals surface area contributed by atoms with Crippen molar-refractivity contribution in [1.29, 1.82) is 0 Å². The van der Waals surface area contributed by atoms with Crippen molar-refractivity contribution in [3.8, 4) is 0 Å². The van der Waals surface area contributed by atoms with Gasteiger partial charge < -0.3 is 5.32 Å². The predicted octanol–water partition coefficient (Wildman–Crippen LogP) is 4.54. The Bertz CT molecular complexity index is 398. The number of hydrogen-bond donors (Lipinski definition) is 1. The third kappa shape index (κ3) is 2.25. The molecule has 4 unspecified atom stereocenters. The number of rotatable bonds is 3. The van der Waals surface area contributed by atoms with Gasteiger partial charge in [-0.05, 0) is 60.9 Å². The second-order valence-corrected chi connectivity index (χ2v) is 7.12. The van der Waals surface area contributed by atoms with Crippen LogP contribution >= 0.6 is 11.3 Å². The summed E-state index contributed by atoms with van der Waals surface area (Å²) >= 11 is 1.95. The first-order chi connectivity index (χ1) is 8.79. The minimum atomic E-state index is 0.642. The summed E-state index contributed by atoms with van der Waals surface area (Å²) in [6.45, 7) is 4.80. The van der Waals surface area contributed by atoms with Crippen molar-refractivity contribution in [2.45, 2.75) is 64.5 Å². The summed E-state index contributed by atoms with van der Waals surface area (Å²) in [5, 5.41) is 6.26. The minimum absolute atomic E-state index is 0.642. The van der Waals surface area contributed by atoms with Crippen LogP contribution in [0.1, 0.15) is 62.4 Å². The minimum Gasteiger partial charge on any atom is -0.307 e. The molecule has 2 heteroatoms. The number of thiophene rings is 1. The number of fused-ring (bicyclic) bond motifs is 1. The van der Waals surface area contributed by atoms with Crippen molar-refractivity contribution in [1.82, 2.24) is 5.32 Å². The van der Waals surface area contributed by atoms with E-state index in [2.05, 4.69) is 30.6 Å². The number of nitrogens with one attached hydrogen (secondary N) is 1. The topological polar surface area (TPSA) is 12.0 Å². The first-order valence-electron chi connectivity index (χ1n) is 7.62. The summed E-state index contributed by atoms with van der Waals surface area (Å²) in [7, 11) is 0. The quantitative estimate of drug-likeness (QED) is 0.844. The first kappa shape index (κ1) is 12.7. The molecule has 0 aromatic carbocycles. The highest BCUT2D eigenvalue weighted by atomic mass is 32.1. The molecule has 1 N–H and O–H groups in total. The zero-order valence-corrected chi connectivity index (χ0v) is 12.4. The maximum Gasteiger partial charge on any atom is 0.0333 e. The Balaban J connectivity index is 1.68. The van der Waals surface area contributed by atoms with Crippen molar-refractivity contribution in [2.24, 2.45) is 11.8 Å². The zero-order valence-electron chi connectivity index (χ0n) is 11.6. The second-order valence-electron chi connectivity index (χ2n) is 6.12. The molecule has 2 aliphatic rings. The standard InChI is InChI=1S/C16H25NS/c1-3-12-7-8-14(11(12)2)17-15-5-4-6-16-13(15)9-10-18-16/h9-12,14-15,17H,3-8H2,1-2H3. The molecule has 3 rings (SSSR count). The van der Waals surface area contributed by atoms with Gasteiger partial charge in [-0.3, -0.25) is 0 Å². The summed E-state index contributed by atoms with van der Waals surface area (Å²) in [6.07, 6.45) is 8.18. The summed E-state index contributed by atoms with van der Waals surface area (Å²) in [4.78, 5) is 1.64. The van der Waals surface area contributed by atoms with Gasteiger partial charge in [-0.15, -0.1) is 11.3 Å². The van der Waals surface area contributed by atoms with Gasteiger partial charge >= 0.3 is 0 Å². The molecular weight excluding hydrogens is 238 g/mol. The smallest absolute Gasteiger partial charge is 0.0333 e. The fourth-order valence-electron chi connectivity index (χ4n) is 3.98. The van der Waals surface area contributed by atoms with E-state index in [-0.39, 0.29) is 0 Å². The number of aryl methyl sites for hydroxylation is 1. The van der Waals surface area contributed by atoms with Gasteiger partial charge in [0.15, 0.2) is 0 Å². The van der Waals surface area contributed by atoms with Gasteiger partial charge in [-0.25, -0.2) is 0 Å². The van der Waals surface area contributed by atoms with Gasteiger partial charge in [-0.1, -0.05) is 20.3 Å². The Labute approximate surface area is 115 Å². The monoisotopic (exact) mass is 263 g/mol. The molecule has 4 atom stereocenters. The van der Waals surface area contributed by atoms with E-state index in [0.717, 1.165) is 17.9 Å². The summed E-state index contributed by atoms with van der Waals surface area (Å²) in [6, 6.07) is 3.75. The molecule has 100 valence electrons. The lowest BCUT2D eigenvalue weighted by molar-refractivity contribution is 0.309. The molecule has 1 saturated carbocycles. The van der Waals surface area contributed by atoms with Crippen LogP contribution in [0.2, 0.25) is 0 Å². The van der Waals surface area contributed by atoms with Crippen molar-refractivity contribution in [3.05, 3.63) is 21.9 Å². The molecule has 1 aromatic heterocycles. The molecule has 1 aromatic rings. The van der Waals surface area contributed by atoms with E-state index in [1.165, 1.54) is 38.5 Å². The van der Waals surface area contributed by atoms with E-state index in [1.807, 2.05) is 11.3 Å². The van der Waals surface area contributed by atoms with E-state index in [9.17, 15) is 0 Å². The van der Waals surface area contributed by atoms with Gasteiger partial charge in [0.1, 0.15) is 0 Å². The van der Waals surface area contributed by atoms with Crippen molar-refractivity contribution < 1.29 is 0 Å². The van der Waals surface area contributed by atoms with Crippen LogP contribution in [0, 0.1) is 11.8 Å². The lowest BCUT2D eigenvalue weighted by Crippen LogP contribution is -2.36. The zero-order chi connectivity index (χ0) is 12.5. The fourth-order valence-corrected chi connectivity index (χ4v) is 4.96. The lowest BCUT2D eigenvalue weighted by Gasteiger charge is -2.30. The van der Waals surface area contributed by atoms with Crippen LogP contribution in [0.15, 0.2) is 11.4 Å². The molecule has 0 saturated heterocycles. The van der Waals surface area contributed by atoms with Crippen molar-refractivity contribution in [2.75, 3.05) is 0 Å². The van der Waals surface area contributed by atoms with Crippen LogP contribution in [0.5, 0.6) is 0 Å². The Morgan fingerprint density at radius 3 is 3.00 bits per heavy atom. The normalized spacial score (nSPS) is 35.7.